The first-order chi connectivity index (χ1) is 11.4. The molecular formula is C18H24N4O2. The Morgan fingerprint density at radius 3 is 2.67 bits per heavy atom. The van der Waals surface area contributed by atoms with Gasteiger partial charge in [-0.2, -0.15) is 5.10 Å². The van der Waals surface area contributed by atoms with Crippen molar-refractivity contribution in [1.82, 2.24) is 15.1 Å². The molecule has 1 aromatic carbocycles. The van der Waals surface area contributed by atoms with Gasteiger partial charge in [-0.05, 0) is 38.5 Å². The van der Waals surface area contributed by atoms with E-state index in [1.807, 2.05) is 60.8 Å². The predicted molar refractivity (Wildman–Crippen MR) is 93.5 cm³/mol. The number of amides is 1. The van der Waals surface area contributed by atoms with Gasteiger partial charge in [-0.1, -0.05) is 12.1 Å². The summed E-state index contributed by atoms with van der Waals surface area (Å²) >= 11 is 0. The van der Waals surface area contributed by atoms with Gasteiger partial charge in [-0.25, -0.2) is 4.68 Å². The highest BCUT2D eigenvalue weighted by Crippen LogP contribution is 2.25. The zero-order valence-electron chi connectivity index (χ0n) is 14.7. The van der Waals surface area contributed by atoms with E-state index in [4.69, 9.17) is 4.74 Å². The lowest BCUT2D eigenvalue weighted by Crippen LogP contribution is -2.62. The molecule has 1 N–H and O–H groups in total. The number of anilines is 1. The lowest BCUT2D eigenvalue weighted by molar-refractivity contribution is -0.125. The average molecular weight is 328 g/mol. The van der Waals surface area contributed by atoms with Crippen LogP contribution in [0.25, 0.3) is 0 Å². The quantitative estimate of drug-likeness (QED) is 0.932. The van der Waals surface area contributed by atoms with Crippen LogP contribution < -0.4 is 15.0 Å². The minimum absolute atomic E-state index is 0.0772. The fourth-order valence-corrected chi connectivity index (χ4v) is 3.04. The van der Waals surface area contributed by atoms with Crippen molar-refractivity contribution < 1.29 is 9.53 Å². The molecule has 2 heterocycles. The minimum atomic E-state index is -0.556. The average Bonchev–Trinajstić information content (AvgIpc) is 2.91. The molecule has 2 aromatic rings. The second kappa shape index (κ2) is 6.28. The van der Waals surface area contributed by atoms with Crippen molar-refractivity contribution >= 4 is 11.7 Å². The van der Waals surface area contributed by atoms with Gasteiger partial charge in [0.05, 0.1) is 25.4 Å². The zero-order valence-corrected chi connectivity index (χ0v) is 14.7. The van der Waals surface area contributed by atoms with E-state index in [0.717, 1.165) is 29.2 Å². The number of piperazine rings is 1. The van der Waals surface area contributed by atoms with Crippen LogP contribution in [0.4, 0.5) is 5.82 Å². The van der Waals surface area contributed by atoms with Crippen molar-refractivity contribution in [3.05, 3.63) is 41.6 Å². The third-order valence-electron chi connectivity index (χ3n) is 4.42. The molecule has 0 unspecified atom stereocenters. The van der Waals surface area contributed by atoms with Crippen LogP contribution in [0.1, 0.15) is 25.0 Å². The van der Waals surface area contributed by atoms with Gasteiger partial charge in [0.25, 0.3) is 0 Å². The third kappa shape index (κ3) is 3.01. The number of carbonyl (C=O) groups is 1. The highest BCUT2D eigenvalue weighted by Gasteiger charge is 2.37. The molecule has 1 aromatic heterocycles. The highest BCUT2D eigenvalue weighted by atomic mass is 16.5. The lowest BCUT2D eigenvalue weighted by Gasteiger charge is -2.38. The molecule has 0 bridgehead atoms. The number of methoxy groups -OCH3 is 1. The van der Waals surface area contributed by atoms with E-state index in [1.54, 1.807) is 7.11 Å². The molecule has 0 spiro atoms. The largest absolute Gasteiger partial charge is 0.497 e. The number of benzene rings is 1. The molecule has 3 rings (SSSR count). The Balaban J connectivity index is 1.89. The van der Waals surface area contributed by atoms with Crippen molar-refractivity contribution in [3.8, 4) is 5.75 Å². The molecule has 0 saturated carbocycles. The molecule has 1 aliphatic heterocycles. The fraction of sp³-hybridized carbons (Fsp3) is 0.444. The lowest BCUT2D eigenvalue weighted by atomic mass is 10.0. The van der Waals surface area contributed by atoms with Crippen LogP contribution in [0.15, 0.2) is 30.5 Å². The molecule has 128 valence electrons. The second-order valence-electron chi connectivity index (χ2n) is 6.67. The summed E-state index contributed by atoms with van der Waals surface area (Å²) < 4.78 is 7.10. The molecular weight excluding hydrogens is 304 g/mol. The van der Waals surface area contributed by atoms with Crippen LogP contribution in [0.2, 0.25) is 0 Å². The van der Waals surface area contributed by atoms with Gasteiger partial charge in [0.15, 0.2) is 0 Å². The molecule has 1 saturated heterocycles. The summed E-state index contributed by atoms with van der Waals surface area (Å²) in [6.07, 6.45) is 1.82. The van der Waals surface area contributed by atoms with E-state index >= 15 is 0 Å². The topological polar surface area (TPSA) is 59.4 Å². The van der Waals surface area contributed by atoms with Gasteiger partial charge >= 0.3 is 0 Å². The summed E-state index contributed by atoms with van der Waals surface area (Å²) in [5, 5.41) is 7.75. The maximum Gasteiger partial charge on any atom is 0.247 e. The Bertz CT molecular complexity index is 734. The summed E-state index contributed by atoms with van der Waals surface area (Å²) in [6.45, 7) is 7.87. The second-order valence-corrected chi connectivity index (χ2v) is 6.67. The standard InChI is InChI=1S/C18H24N4O2/c1-13-11-20-22(12-14-5-7-15(24-4)8-6-14)16(13)21-10-9-19-18(2,3)17(21)23/h5-8,11,19H,9-10,12H2,1-4H3. The molecule has 6 nitrogen and oxygen atoms in total. The summed E-state index contributed by atoms with van der Waals surface area (Å²) in [6, 6.07) is 7.90. The molecule has 0 atom stereocenters. The van der Waals surface area contributed by atoms with Gasteiger partial charge in [0.2, 0.25) is 5.91 Å². The molecule has 1 amide bonds. The van der Waals surface area contributed by atoms with Crippen molar-refractivity contribution in [2.24, 2.45) is 0 Å². The molecule has 0 radical (unpaired) electrons. The van der Waals surface area contributed by atoms with Crippen LogP contribution >= 0.6 is 0 Å². The summed E-state index contributed by atoms with van der Waals surface area (Å²) in [4.78, 5) is 14.6. The van der Waals surface area contributed by atoms with Gasteiger partial charge < -0.3 is 10.1 Å². The van der Waals surface area contributed by atoms with Crippen molar-refractivity contribution in [2.45, 2.75) is 32.9 Å². The highest BCUT2D eigenvalue weighted by molar-refractivity contribution is 6.00. The SMILES string of the molecule is COc1ccc(Cn2ncc(C)c2N2CCNC(C)(C)C2=O)cc1. The fourth-order valence-electron chi connectivity index (χ4n) is 3.04. The van der Waals surface area contributed by atoms with E-state index in [9.17, 15) is 4.79 Å². The van der Waals surface area contributed by atoms with Gasteiger partial charge in [-0.15, -0.1) is 0 Å². The third-order valence-corrected chi connectivity index (χ3v) is 4.42. The van der Waals surface area contributed by atoms with E-state index in [1.165, 1.54) is 0 Å². The Hall–Kier alpha value is -2.34. The van der Waals surface area contributed by atoms with Gasteiger partial charge in [0.1, 0.15) is 11.6 Å². The predicted octanol–water partition coefficient (Wildman–Crippen LogP) is 1.96. The van der Waals surface area contributed by atoms with E-state index < -0.39 is 5.54 Å². The van der Waals surface area contributed by atoms with Gasteiger partial charge in [0, 0.05) is 18.7 Å². The summed E-state index contributed by atoms with van der Waals surface area (Å²) in [5.41, 5.74) is 1.57. The number of aryl methyl sites for hydroxylation is 1. The van der Waals surface area contributed by atoms with E-state index in [-0.39, 0.29) is 5.91 Å². The first kappa shape index (κ1) is 16.5. The van der Waals surface area contributed by atoms with Crippen LogP contribution in [0.3, 0.4) is 0 Å². The molecule has 1 fully saturated rings. The first-order valence-electron chi connectivity index (χ1n) is 8.15. The number of hydrogen-bond donors (Lipinski definition) is 1. The number of nitrogens with zero attached hydrogens (tertiary/aromatic N) is 3. The number of rotatable bonds is 4. The van der Waals surface area contributed by atoms with E-state index in [0.29, 0.717) is 13.1 Å². The number of ether oxygens (including phenoxy) is 1. The van der Waals surface area contributed by atoms with Gasteiger partial charge in [-0.3, -0.25) is 9.69 Å². The van der Waals surface area contributed by atoms with Crippen molar-refractivity contribution in [1.29, 1.82) is 0 Å². The van der Waals surface area contributed by atoms with Crippen LogP contribution in [-0.2, 0) is 11.3 Å². The molecule has 24 heavy (non-hydrogen) atoms. The van der Waals surface area contributed by atoms with E-state index in [2.05, 4.69) is 10.4 Å². The van der Waals surface area contributed by atoms with Crippen LogP contribution in [0.5, 0.6) is 5.75 Å². The van der Waals surface area contributed by atoms with Crippen LogP contribution in [0, 0.1) is 6.92 Å². The monoisotopic (exact) mass is 328 g/mol. The normalized spacial score (nSPS) is 17.2. The molecule has 6 heteroatoms. The molecule has 1 aliphatic rings. The number of carbonyl (C=O) groups excluding carboxylic acids is 1. The Kier molecular flexibility index (Phi) is 4.32. The minimum Gasteiger partial charge on any atom is -0.497 e. The molecule has 0 aliphatic carbocycles. The number of nitrogens with one attached hydrogen (secondary N) is 1. The Labute approximate surface area is 142 Å². The summed E-state index contributed by atoms with van der Waals surface area (Å²) in [7, 11) is 1.65. The first-order valence-corrected chi connectivity index (χ1v) is 8.15. The Morgan fingerprint density at radius 2 is 2.00 bits per heavy atom. The van der Waals surface area contributed by atoms with Crippen molar-refractivity contribution in [2.75, 3.05) is 25.1 Å². The maximum absolute atomic E-state index is 12.8. The number of aromatic nitrogens is 2. The smallest absolute Gasteiger partial charge is 0.247 e. The maximum atomic E-state index is 12.8. The zero-order chi connectivity index (χ0) is 17.3. The van der Waals surface area contributed by atoms with Crippen molar-refractivity contribution in [3.63, 3.8) is 0 Å². The number of hydrogen-bond acceptors (Lipinski definition) is 4. The summed E-state index contributed by atoms with van der Waals surface area (Å²) in [5.74, 6) is 1.79. The van der Waals surface area contributed by atoms with Crippen LogP contribution in [-0.4, -0.2) is 41.4 Å². The Morgan fingerprint density at radius 1 is 1.29 bits per heavy atom.